The molecule has 0 aliphatic heterocycles. The van der Waals surface area contributed by atoms with Crippen LogP contribution in [-0.2, 0) is 0 Å². The van der Waals surface area contributed by atoms with Gasteiger partial charge in [-0.3, -0.25) is 0 Å². The smallest absolute Gasteiger partial charge is 0.338 e. The second kappa shape index (κ2) is 5.45. The number of ether oxygens (including phenoxy) is 1. The van der Waals surface area contributed by atoms with Gasteiger partial charge in [0, 0.05) is 17.9 Å². The van der Waals surface area contributed by atoms with Crippen molar-refractivity contribution in [3.05, 3.63) is 29.1 Å². The third-order valence-corrected chi connectivity index (χ3v) is 7.19. The maximum Gasteiger partial charge on any atom is 0.338 e. The monoisotopic (exact) mass is 394 g/mol. The van der Waals surface area contributed by atoms with E-state index in [4.69, 9.17) is 4.74 Å². The van der Waals surface area contributed by atoms with Crippen LogP contribution in [0.2, 0.25) is 0 Å². The zero-order valence-electron chi connectivity index (χ0n) is 16.0. The number of aromatic carboxylic acids is 1. The molecule has 5 fully saturated rings. The van der Waals surface area contributed by atoms with Gasteiger partial charge in [0.15, 0.2) is 0 Å². The van der Waals surface area contributed by atoms with E-state index in [1.54, 1.807) is 0 Å². The first-order valence-corrected chi connectivity index (χ1v) is 10.1. The van der Waals surface area contributed by atoms with Gasteiger partial charge in [0.25, 0.3) is 0 Å². The van der Waals surface area contributed by atoms with E-state index in [0.717, 1.165) is 18.9 Å². The number of carboxylic acid groups (broad SMARTS) is 1. The molecule has 5 aliphatic carbocycles. The second-order valence-corrected chi connectivity index (χ2v) is 10.4. The highest BCUT2D eigenvalue weighted by Crippen LogP contribution is 2.70. The molecular formula is C22H25F3O3. The predicted molar refractivity (Wildman–Crippen MR) is 96.7 cm³/mol. The molecule has 152 valence electrons. The summed E-state index contributed by atoms with van der Waals surface area (Å²) in [5.74, 6) is -1.65. The number of alkyl halides is 2. The first-order chi connectivity index (χ1) is 13.0. The number of carbonyl (C=O) groups is 1. The molecule has 0 spiro atoms. The number of benzene rings is 1. The zero-order valence-corrected chi connectivity index (χ0v) is 16.0. The fourth-order valence-electron chi connectivity index (χ4n) is 7.05. The third kappa shape index (κ3) is 2.91. The van der Waals surface area contributed by atoms with E-state index < -0.39 is 28.5 Å². The average Bonchev–Trinajstić information content (AvgIpc) is 3.32. The minimum Gasteiger partial charge on any atom is -0.493 e. The summed E-state index contributed by atoms with van der Waals surface area (Å²) in [4.78, 5) is 11.3. The third-order valence-electron chi connectivity index (χ3n) is 7.19. The van der Waals surface area contributed by atoms with E-state index in [9.17, 15) is 14.3 Å². The highest BCUT2D eigenvalue weighted by atomic mass is 19.2. The van der Waals surface area contributed by atoms with Gasteiger partial charge < -0.3 is 9.84 Å². The summed E-state index contributed by atoms with van der Waals surface area (Å²) >= 11 is 0. The van der Waals surface area contributed by atoms with Crippen LogP contribution in [0.4, 0.5) is 13.2 Å². The molecule has 1 aromatic rings. The molecule has 5 saturated carbocycles. The molecule has 1 N–H and O–H groups in total. The molecule has 6 rings (SSSR count). The first kappa shape index (κ1) is 18.3. The molecule has 4 bridgehead atoms. The van der Waals surface area contributed by atoms with Crippen molar-refractivity contribution in [1.29, 1.82) is 0 Å². The van der Waals surface area contributed by atoms with Gasteiger partial charge in [-0.1, -0.05) is 6.92 Å². The summed E-state index contributed by atoms with van der Waals surface area (Å²) in [7, 11) is 0. The Labute approximate surface area is 162 Å². The van der Waals surface area contributed by atoms with Gasteiger partial charge in [-0.25, -0.2) is 18.0 Å². The van der Waals surface area contributed by atoms with Crippen LogP contribution >= 0.6 is 0 Å². The lowest BCUT2D eigenvalue weighted by atomic mass is 9.43. The minimum atomic E-state index is -1.49. The fourth-order valence-corrected chi connectivity index (χ4v) is 7.05. The molecule has 0 aromatic heterocycles. The molecule has 3 nitrogen and oxygen atoms in total. The summed E-state index contributed by atoms with van der Waals surface area (Å²) < 4.78 is 51.0. The standard InChI is InChI=1S/C22H25F3O3/c1-19-6-20(9-21(24,7-19)11-22(25,8-19)10-20)12-28-17-5-16(23)15(18(26)27)4-14(17)13-2-3-13/h4-5,13H,2-3,6-12H2,1H3,(H,26,27). The molecule has 1 aromatic carbocycles. The quantitative estimate of drug-likeness (QED) is 0.710. The largest absolute Gasteiger partial charge is 0.493 e. The highest BCUT2D eigenvalue weighted by molar-refractivity contribution is 5.88. The van der Waals surface area contributed by atoms with Crippen LogP contribution in [-0.4, -0.2) is 29.0 Å². The lowest BCUT2D eigenvalue weighted by Crippen LogP contribution is -2.64. The molecule has 5 aliphatic rings. The number of carboxylic acids is 1. The van der Waals surface area contributed by atoms with Crippen molar-refractivity contribution < 1.29 is 27.8 Å². The van der Waals surface area contributed by atoms with Crippen LogP contribution in [0.25, 0.3) is 0 Å². The van der Waals surface area contributed by atoms with Gasteiger partial charge in [0.2, 0.25) is 0 Å². The average molecular weight is 394 g/mol. The molecule has 2 unspecified atom stereocenters. The summed E-state index contributed by atoms with van der Waals surface area (Å²) in [5, 5.41) is 9.19. The predicted octanol–water partition coefficient (Wildman–Crippen LogP) is 5.57. The van der Waals surface area contributed by atoms with Gasteiger partial charge >= 0.3 is 5.97 Å². The van der Waals surface area contributed by atoms with Crippen LogP contribution in [0, 0.1) is 16.6 Å². The molecule has 6 heteroatoms. The lowest BCUT2D eigenvalue weighted by Gasteiger charge is -2.65. The topological polar surface area (TPSA) is 46.5 Å². The van der Waals surface area contributed by atoms with E-state index in [-0.39, 0.29) is 42.8 Å². The number of hydrogen-bond acceptors (Lipinski definition) is 2. The SMILES string of the molecule is CC12CC3(F)CC(F)(C1)CC(COc1cc(F)c(C(=O)O)cc1C1CC1)(C2)C3. The minimum absolute atomic E-state index is 0.0212. The maximum absolute atomic E-state index is 15.3. The van der Waals surface area contributed by atoms with Crippen LogP contribution in [0.15, 0.2) is 12.1 Å². The maximum atomic E-state index is 15.3. The molecule has 0 saturated heterocycles. The van der Waals surface area contributed by atoms with E-state index >= 15 is 8.78 Å². The van der Waals surface area contributed by atoms with Crippen molar-refractivity contribution in [3.8, 4) is 5.75 Å². The summed E-state index contributed by atoms with van der Waals surface area (Å²) in [6.07, 6.45) is 3.89. The van der Waals surface area contributed by atoms with Crippen LogP contribution in [0.5, 0.6) is 5.75 Å². The lowest BCUT2D eigenvalue weighted by molar-refractivity contribution is -0.214. The Kier molecular flexibility index (Phi) is 3.57. The van der Waals surface area contributed by atoms with Gasteiger partial charge in [-0.15, -0.1) is 0 Å². The highest BCUT2D eigenvalue weighted by Gasteiger charge is 2.68. The van der Waals surface area contributed by atoms with E-state index in [2.05, 4.69) is 0 Å². The van der Waals surface area contributed by atoms with Crippen molar-refractivity contribution in [3.63, 3.8) is 0 Å². The Bertz CT molecular complexity index is 809. The van der Waals surface area contributed by atoms with E-state index in [0.29, 0.717) is 30.6 Å². The normalized spacial score (nSPS) is 41.3. The van der Waals surface area contributed by atoms with Crippen LogP contribution < -0.4 is 4.74 Å². The van der Waals surface area contributed by atoms with Crippen molar-refractivity contribution in [2.24, 2.45) is 10.8 Å². The summed E-state index contributed by atoms with van der Waals surface area (Å²) in [6.45, 7) is 2.12. The van der Waals surface area contributed by atoms with Crippen molar-refractivity contribution in [1.82, 2.24) is 0 Å². The van der Waals surface area contributed by atoms with Gasteiger partial charge in [-0.2, -0.15) is 0 Å². The number of halogens is 3. The molecule has 2 atom stereocenters. The second-order valence-electron chi connectivity index (χ2n) is 10.4. The Hall–Kier alpha value is -1.72. The van der Waals surface area contributed by atoms with Crippen molar-refractivity contribution in [2.45, 2.75) is 75.5 Å². The van der Waals surface area contributed by atoms with Crippen LogP contribution in [0.1, 0.15) is 80.1 Å². The van der Waals surface area contributed by atoms with Gasteiger partial charge in [-0.05, 0) is 67.9 Å². The summed E-state index contributed by atoms with van der Waals surface area (Å²) in [5.41, 5.74) is -3.59. The molecule has 0 heterocycles. The fraction of sp³-hybridized carbons (Fsp3) is 0.682. The van der Waals surface area contributed by atoms with Crippen LogP contribution in [0.3, 0.4) is 0 Å². The Balaban J connectivity index is 1.44. The molecule has 0 radical (unpaired) electrons. The van der Waals surface area contributed by atoms with E-state index in [1.165, 1.54) is 6.07 Å². The molecule has 0 amide bonds. The molecule has 28 heavy (non-hydrogen) atoms. The Morgan fingerprint density at radius 3 is 2.29 bits per heavy atom. The number of rotatable bonds is 5. The zero-order chi connectivity index (χ0) is 19.9. The van der Waals surface area contributed by atoms with E-state index in [1.807, 2.05) is 6.92 Å². The summed E-state index contributed by atoms with van der Waals surface area (Å²) in [6, 6.07) is 2.49. The van der Waals surface area contributed by atoms with Crippen molar-refractivity contribution >= 4 is 5.97 Å². The Morgan fingerprint density at radius 1 is 1.11 bits per heavy atom. The molecular weight excluding hydrogens is 369 g/mol. The van der Waals surface area contributed by atoms with Crippen molar-refractivity contribution in [2.75, 3.05) is 6.61 Å². The van der Waals surface area contributed by atoms with Gasteiger partial charge in [0.05, 0.1) is 12.2 Å². The number of hydrogen-bond donors (Lipinski definition) is 1. The van der Waals surface area contributed by atoms with Gasteiger partial charge in [0.1, 0.15) is 22.9 Å². The Morgan fingerprint density at radius 2 is 1.75 bits per heavy atom. The first-order valence-electron chi connectivity index (χ1n) is 10.1.